The molecule has 2 aromatic rings. The van der Waals surface area contributed by atoms with Gasteiger partial charge in [-0.15, -0.1) is 0 Å². The van der Waals surface area contributed by atoms with Crippen molar-refractivity contribution >= 4 is 17.5 Å². The summed E-state index contributed by atoms with van der Waals surface area (Å²) in [6.45, 7) is 1.74. The molecule has 1 heterocycles. The van der Waals surface area contributed by atoms with Gasteiger partial charge in [-0.2, -0.15) is 4.98 Å². The molecule has 18 heavy (non-hydrogen) atoms. The summed E-state index contributed by atoms with van der Waals surface area (Å²) in [4.78, 5) is 8.02. The maximum atomic E-state index is 13.0. The lowest BCUT2D eigenvalue weighted by molar-refractivity contribution is 0.457. The van der Waals surface area contributed by atoms with Crippen LogP contribution in [0.1, 0.15) is 5.56 Å². The highest BCUT2D eigenvalue weighted by molar-refractivity contribution is 6.31. The molecule has 0 saturated carbocycles. The summed E-state index contributed by atoms with van der Waals surface area (Å²) in [7, 11) is 1.69. The quantitative estimate of drug-likeness (QED) is 0.926. The van der Waals surface area contributed by atoms with Crippen molar-refractivity contribution in [3.8, 4) is 11.6 Å². The molecule has 0 unspecified atom stereocenters. The molecule has 1 aromatic carbocycles. The number of aryl methyl sites for hydroxylation is 1. The first-order valence-electron chi connectivity index (χ1n) is 5.24. The van der Waals surface area contributed by atoms with Crippen LogP contribution in [0.5, 0.6) is 11.6 Å². The Morgan fingerprint density at radius 1 is 1.39 bits per heavy atom. The summed E-state index contributed by atoms with van der Waals surface area (Å²) in [6, 6.07) is 4.22. The maximum Gasteiger partial charge on any atom is 0.243 e. The van der Waals surface area contributed by atoms with E-state index in [4.69, 9.17) is 16.3 Å². The van der Waals surface area contributed by atoms with Crippen LogP contribution < -0.4 is 10.1 Å². The van der Waals surface area contributed by atoms with Gasteiger partial charge in [0.1, 0.15) is 16.6 Å². The third kappa shape index (κ3) is 2.68. The number of rotatable bonds is 3. The van der Waals surface area contributed by atoms with Crippen molar-refractivity contribution in [2.24, 2.45) is 0 Å². The van der Waals surface area contributed by atoms with Gasteiger partial charge in [0.05, 0.1) is 6.20 Å². The van der Waals surface area contributed by atoms with Crippen molar-refractivity contribution < 1.29 is 9.13 Å². The minimum Gasteiger partial charge on any atom is -0.437 e. The monoisotopic (exact) mass is 267 g/mol. The summed E-state index contributed by atoms with van der Waals surface area (Å²) in [5.74, 6) is 0.809. The number of hydrogen-bond donors (Lipinski definition) is 1. The number of ether oxygens (including phenoxy) is 1. The van der Waals surface area contributed by atoms with Crippen molar-refractivity contribution in [1.82, 2.24) is 9.97 Å². The maximum absolute atomic E-state index is 13.0. The molecule has 0 aliphatic carbocycles. The Bertz CT molecular complexity index is 577. The van der Waals surface area contributed by atoms with E-state index in [9.17, 15) is 4.39 Å². The van der Waals surface area contributed by atoms with Gasteiger partial charge in [0, 0.05) is 7.05 Å². The molecule has 6 heteroatoms. The minimum absolute atomic E-state index is 0.228. The molecule has 1 N–H and O–H groups in total. The van der Waals surface area contributed by atoms with Gasteiger partial charge in [-0.3, -0.25) is 0 Å². The van der Waals surface area contributed by atoms with E-state index in [2.05, 4.69) is 15.3 Å². The van der Waals surface area contributed by atoms with Gasteiger partial charge in [-0.25, -0.2) is 9.37 Å². The molecule has 0 amide bonds. The van der Waals surface area contributed by atoms with E-state index in [0.717, 1.165) is 0 Å². The molecule has 0 aliphatic heterocycles. The predicted molar refractivity (Wildman–Crippen MR) is 67.8 cm³/mol. The van der Waals surface area contributed by atoms with Crippen LogP contribution >= 0.6 is 11.6 Å². The Balaban J connectivity index is 2.33. The van der Waals surface area contributed by atoms with Gasteiger partial charge in [0.25, 0.3) is 0 Å². The molecule has 4 nitrogen and oxygen atoms in total. The normalized spacial score (nSPS) is 10.2. The topological polar surface area (TPSA) is 47.0 Å². The number of anilines is 1. The fourth-order valence-corrected chi connectivity index (χ4v) is 1.50. The zero-order valence-corrected chi connectivity index (χ0v) is 10.6. The molecule has 94 valence electrons. The highest BCUT2D eigenvalue weighted by Gasteiger charge is 2.09. The molecule has 0 saturated heterocycles. The van der Waals surface area contributed by atoms with E-state index < -0.39 is 0 Å². The smallest absolute Gasteiger partial charge is 0.243 e. The highest BCUT2D eigenvalue weighted by Crippen LogP contribution is 2.29. The fourth-order valence-electron chi connectivity index (χ4n) is 1.37. The van der Waals surface area contributed by atoms with Crippen LogP contribution in [0.3, 0.4) is 0 Å². The van der Waals surface area contributed by atoms with Crippen molar-refractivity contribution in [2.45, 2.75) is 6.92 Å². The first-order chi connectivity index (χ1) is 8.60. The Morgan fingerprint density at radius 3 is 2.83 bits per heavy atom. The Hall–Kier alpha value is -1.88. The Kier molecular flexibility index (Phi) is 3.62. The van der Waals surface area contributed by atoms with Gasteiger partial charge < -0.3 is 10.1 Å². The second kappa shape index (κ2) is 5.18. The van der Waals surface area contributed by atoms with Gasteiger partial charge in [-0.1, -0.05) is 11.6 Å². The fraction of sp³-hybridized carbons (Fsp3) is 0.167. The number of hydrogen-bond acceptors (Lipinski definition) is 4. The van der Waals surface area contributed by atoms with E-state index in [1.165, 1.54) is 24.4 Å². The molecule has 0 radical (unpaired) electrons. The summed E-state index contributed by atoms with van der Waals surface area (Å²) in [6.07, 6.45) is 1.44. The standard InChI is InChI=1S/C12H11ClFN3O/c1-7-5-8(14)3-4-10(7)18-11-9(13)6-16-12(15-2)17-11/h3-6H,1-2H3,(H,15,16,17). The lowest BCUT2D eigenvalue weighted by Crippen LogP contribution is -1.99. The third-order valence-corrected chi connectivity index (χ3v) is 2.54. The van der Waals surface area contributed by atoms with Crippen molar-refractivity contribution in [2.75, 3.05) is 12.4 Å². The molecule has 1 aromatic heterocycles. The summed E-state index contributed by atoms with van der Waals surface area (Å²) >= 11 is 5.93. The molecular weight excluding hydrogens is 257 g/mol. The molecule has 0 atom stereocenters. The van der Waals surface area contributed by atoms with E-state index in [-0.39, 0.29) is 16.7 Å². The molecule has 0 aliphatic rings. The van der Waals surface area contributed by atoms with E-state index in [1.807, 2.05) is 0 Å². The van der Waals surface area contributed by atoms with Crippen molar-refractivity contribution in [3.63, 3.8) is 0 Å². The average molecular weight is 268 g/mol. The third-order valence-electron chi connectivity index (χ3n) is 2.28. The first-order valence-corrected chi connectivity index (χ1v) is 5.62. The number of nitrogens with one attached hydrogen (secondary N) is 1. The van der Waals surface area contributed by atoms with Gasteiger partial charge in [-0.05, 0) is 30.7 Å². The number of aromatic nitrogens is 2. The van der Waals surface area contributed by atoms with Crippen LogP contribution in [0.4, 0.5) is 10.3 Å². The largest absolute Gasteiger partial charge is 0.437 e. The molecule has 0 bridgehead atoms. The SMILES string of the molecule is CNc1ncc(Cl)c(Oc2ccc(F)cc2C)n1. The number of benzene rings is 1. The number of halogens is 2. The molecule has 0 fully saturated rings. The van der Waals surface area contributed by atoms with Crippen molar-refractivity contribution in [1.29, 1.82) is 0 Å². The van der Waals surface area contributed by atoms with Crippen LogP contribution in [0.15, 0.2) is 24.4 Å². The average Bonchev–Trinajstić information content (AvgIpc) is 2.35. The lowest BCUT2D eigenvalue weighted by atomic mass is 10.2. The van der Waals surface area contributed by atoms with Crippen LogP contribution in [0.2, 0.25) is 5.02 Å². The van der Waals surface area contributed by atoms with E-state index in [0.29, 0.717) is 17.3 Å². The summed E-state index contributed by atoms with van der Waals surface area (Å²) in [5, 5.41) is 3.07. The van der Waals surface area contributed by atoms with Crippen LogP contribution in [-0.2, 0) is 0 Å². The minimum atomic E-state index is -0.315. The number of nitrogens with zero attached hydrogens (tertiary/aromatic N) is 2. The molecule has 0 spiro atoms. The van der Waals surface area contributed by atoms with Gasteiger partial charge >= 0.3 is 0 Å². The highest BCUT2D eigenvalue weighted by atomic mass is 35.5. The van der Waals surface area contributed by atoms with E-state index in [1.54, 1.807) is 14.0 Å². The molecule has 2 rings (SSSR count). The lowest BCUT2D eigenvalue weighted by Gasteiger charge is -2.09. The second-order valence-corrected chi connectivity index (χ2v) is 4.02. The van der Waals surface area contributed by atoms with Crippen LogP contribution in [-0.4, -0.2) is 17.0 Å². The second-order valence-electron chi connectivity index (χ2n) is 3.61. The van der Waals surface area contributed by atoms with E-state index >= 15 is 0 Å². The molecular formula is C12H11ClFN3O. The van der Waals surface area contributed by atoms with Crippen LogP contribution in [0, 0.1) is 12.7 Å². The zero-order chi connectivity index (χ0) is 13.1. The predicted octanol–water partition coefficient (Wildman–Crippen LogP) is 3.41. The van der Waals surface area contributed by atoms with Gasteiger partial charge in [0.2, 0.25) is 11.8 Å². The Morgan fingerprint density at radius 2 is 2.17 bits per heavy atom. The first kappa shape index (κ1) is 12.6. The van der Waals surface area contributed by atoms with Crippen molar-refractivity contribution in [3.05, 3.63) is 40.8 Å². The van der Waals surface area contributed by atoms with Gasteiger partial charge in [0.15, 0.2) is 0 Å². The van der Waals surface area contributed by atoms with Crippen LogP contribution in [0.25, 0.3) is 0 Å². The summed E-state index contributed by atoms with van der Waals surface area (Å²) < 4.78 is 18.5. The Labute approximate surface area is 109 Å². The zero-order valence-electron chi connectivity index (χ0n) is 9.87. The summed E-state index contributed by atoms with van der Waals surface area (Å²) in [5.41, 5.74) is 0.663.